The third-order valence-corrected chi connectivity index (χ3v) is 27.7. The summed E-state index contributed by atoms with van der Waals surface area (Å²) in [5, 5.41) is 9.52. The summed E-state index contributed by atoms with van der Waals surface area (Å²) in [4.78, 5) is 0. The number of aliphatic hydroxyl groups is 1. The molecule has 2 rings (SSSR count). The van der Waals surface area contributed by atoms with Crippen LogP contribution in [0.4, 0.5) is 0 Å². The zero-order chi connectivity index (χ0) is 18.6. The van der Waals surface area contributed by atoms with Crippen molar-refractivity contribution in [2.45, 2.75) is 52.0 Å². The first-order valence-electron chi connectivity index (χ1n) is 8.67. The molecule has 0 bridgehead atoms. The van der Waals surface area contributed by atoms with Crippen molar-refractivity contribution in [3.63, 3.8) is 0 Å². The van der Waals surface area contributed by atoms with Gasteiger partial charge in [-0.3, -0.25) is 0 Å². The van der Waals surface area contributed by atoms with E-state index >= 15 is 0 Å². The summed E-state index contributed by atoms with van der Waals surface area (Å²) in [6, 6.07) is 8.24. The number of fused-ring (bicyclic) bond motifs is 1. The van der Waals surface area contributed by atoms with E-state index in [2.05, 4.69) is 53.4 Å². The van der Waals surface area contributed by atoms with Crippen LogP contribution in [0.25, 0.3) is 6.08 Å². The molecule has 0 spiro atoms. The summed E-state index contributed by atoms with van der Waals surface area (Å²) in [5.41, 5.74) is 3.11. The molecule has 0 aromatic heterocycles. The van der Waals surface area contributed by atoms with Crippen molar-refractivity contribution >= 4 is 27.3 Å². The molecule has 0 fully saturated rings. The molecule has 2 nitrogen and oxygen atoms in total. The first-order chi connectivity index (χ1) is 10.5. The van der Waals surface area contributed by atoms with E-state index < -0.39 is 13.2 Å². The number of hydrogen-bond acceptors (Lipinski definition) is 2. The summed E-state index contributed by atoms with van der Waals surface area (Å²) >= 11 is -5.82. The van der Waals surface area contributed by atoms with Gasteiger partial charge in [-0.25, -0.2) is 0 Å². The van der Waals surface area contributed by atoms with E-state index in [9.17, 15) is 5.11 Å². The van der Waals surface area contributed by atoms with Crippen LogP contribution in [0.5, 0.6) is 0 Å². The molecule has 2 N–H and O–H groups in total. The molecule has 24 heavy (non-hydrogen) atoms. The fourth-order valence-electron chi connectivity index (χ4n) is 5.27. The number of nitrogens with one attached hydrogen (secondary N) is 1. The van der Waals surface area contributed by atoms with Gasteiger partial charge in [0, 0.05) is 0 Å². The molecule has 0 amide bonds. The Morgan fingerprint density at radius 1 is 1.25 bits per heavy atom. The van der Waals surface area contributed by atoms with Gasteiger partial charge in [0.15, 0.2) is 0 Å². The summed E-state index contributed by atoms with van der Waals surface area (Å²) in [5.74, 6) is 0. The number of aliphatic hydroxyl groups excluding tert-OH is 1. The fraction of sp³-hybridized carbons (Fsp3) is 0.526. The number of rotatable bonds is 5. The van der Waals surface area contributed by atoms with E-state index in [4.69, 9.17) is 17.0 Å². The van der Waals surface area contributed by atoms with Crippen LogP contribution < -0.4 is 3.26 Å². The zero-order valence-electron chi connectivity index (χ0n) is 15.5. The molecule has 1 unspecified atom stereocenters. The average Bonchev–Trinajstić information content (AvgIpc) is 2.70. The second-order valence-corrected chi connectivity index (χ2v) is 50.9. The van der Waals surface area contributed by atoms with Crippen LogP contribution in [0.15, 0.2) is 29.8 Å². The minimum absolute atomic E-state index is 0.0431. The van der Waals surface area contributed by atoms with Crippen molar-refractivity contribution in [3.8, 4) is 0 Å². The molecule has 0 saturated heterocycles. The van der Waals surface area contributed by atoms with Gasteiger partial charge in [0.05, 0.1) is 0 Å². The van der Waals surface area contributed by atoms with Gasteiger partial charge < -0.3 is 0 Å². The van der Waals surface area contributed by atoms with Crippen LogP contribution in [0.3, 0.4) is 0 Å². The Balaban J connectivity index is 2.84. The van der Waals surface area contributed by atoms with E-state index in [1.807, 2.05) is 16.8 Å². The Bertz CT molecular complexity index is 825. The molecule has 1 aromatic rings. The second kappa shape index (κ2) is 4.93. The molecule has 0 radical (unpaired) electrons. The molecule has 1 aliphatic rings. The van der Waals surface area contributed by atoms with Crippen LogP contribution in [-0.4, -0.2) is 21.5 Å². The Morgan fingerprint density at radius 3 is 2.38 bits per heavy atom. The van der Waals surface area contributed by atoms with E-state index in [0.29, 0.717) is 10.5 Å². The van der Waals surface area contributed by atoms with Crippen LogP contribution in [0.1, 0.15) is 48.9 Å². The normalized spacial score (nSPS) is 22.8. The second-order valence-electron chi connectivity index (χ2n) is 9.95. The number of benzene rings is 1. The molecule has 136 valence electrons. The van der Waals surface area contributed by atoms with Crippen LogP contribution in [-0.2, 0) is 13.2 Å². The van der Waals surface area contributed by atoms with Gasteiger partial charge in [-0.1, -0.05) is 0 Å². The van der Waals surface area contributed by atoms with Crippen molar-refractivity contribution in [2.24, 2.45) is 0 Å². The molecule has 0 heterocycles. The Hall–Kier alpha value is 0.213. The van der Waals surface area contributed by atoms with Gasteiger partial charge in [0.1, 0.15) is 0 Å². The van der Waals surface area contributed by atoms with Crippen LogP contribution in [0.2, 0.25) is 8.76 Å². The van der Waals surface area contributed by atoms with Gasteiger partial charge in [0.25, 0.3) is 0 Å². The summed E-state index contributed by atoms with van der Waals surface area (Å²) in [7, 11) is 15.4. The van der Waals surface area contributed by atoms with Crippen molar-refractivity contribution in [3.05, 3.63) is 41.0 Å². The van der Waals surface area contributed by atoms with Crippen molar-refractivity contribution < 1.29 is 18.3 Å². The topological polar surface area (TPSA) is 32.3 Å². The Kier molecular flexibility index (Phi) is 4.21. The quantitative estimate of drug-likeness (QED) is 0.593. The standard InChI is InChI=1S/C10H9.C4H10N.C3H7O.CH3.CH2.2ClH.Zr/c1-8-6-9-4-2-3-5-10(9)7-8;1-4(2,3)5;1-2-3-4;;;;;/h2-7H,1H3;5H,1-3H3;4H,1-3H2;1H3;1H2;2*1H;/q;-1;;;;;;+3/p-2. The summed E-state index contributed by atoms with van der Waals surface area (Å²) < 4.78 is 10.6. The monoisotopic (exact) mass is 449 g/mol. The van der Waals surface area contributed by atoms with Crippen LogP contribution in [0, 0.1) is 0 Å². The third kappa shape index (κ3) is 3.67. The maximum atomic E-state index is 9.52. The SMILES string of the molecule is [CH2]=[Zr]([CH3])([Cl])([Cl])([CH2]CCO)([NH]C(C)(C)C)[CH]1C(C)=Cc2ccccc21. The number of hydrogen-bond donors (Lipinski definition) is 2. The van der Waals surface area contributed by atoms with E-state index in [-0.39, 0.29) is 15.8 Å². The van der Waals surface area contributed by atoms with Gasteiger partial charge in [0.2, 0.25) is 0 Å². The molecular formula is C19H31Cl2NOZr. The van der Waals surface area contributed by atoms with Gasteiger partial charge in [-0.05, 0) is 0 Å². The predicted molar refractivity (Wildman–Crippen MR) is 107 cm³/mol. The molecule has 1 atom stereocenters. The number of allylic oxidation sites excluding steroid dienone is 1. The first-order valence-corrected chi connectivity index (χ1v) is 23.6. The van der Waals surface area contributed by atoms with E-state index in [1.165, 1.54) is 0 Å². The molecule has 0 aliphatic heterocycles. The van der Waals surface area contributed by atoms with E-state index in [0.717, 1.165) is 16.7 Å². The average molecular weight is 452 g/mol. The molecule has 1 aliphatic carbocycles. The predicted octanol–water partition coefficient (Wildman–Crippen LogP) is 5.80. The van der Waals surface area contributed by atoms with Crippen molar-refractivity contribution in [1.29, 1.82) is 0 Å². The molecular weight excluding hydrogens is 420 g/mol. The summed E-state index contributed by atoms with van der Waals surface area (Å²) in [6.07, 6.45) is 2.68. The minimum atomic E-state index is -5.82. The van der Waals surface area contributed by atoms with E-state index in [1.54, 1.807) is 0 Å². The number of halogens is 2. The van der Waals surface area contributed by atoms with Gasteiger partial charge in [-0.15, -0.1) is 0 Å². The molecule has 1 aromatic carbocycles. The van der Waals surface area contributed by atoms with Crippen LogP contribution >= 0.6 is 17.0 Å². The Morgan fingerprint density at radius 2 is 1.83 bits per heavy atom. The van der Waals surface area contributed by atoms with Crippen molar-refractivity contribution in [1.82, 2.24) is 3.26 Å². The van der Waals surface area contributed by atoms with Gasteiger partial charge >= 0.3 is 149 Å². The molecule has 0 saturated carbocycles. The zero-order valence-corrected chi connectivity index (χ0v) is 19.5. The fourth-order valence-corrected chi connectivity index (χ4v) is 33.1. The van der Waals surface area contributed by atoms with Gasteiger partial charge in [-0.2, -0.15) is 0 Å². The first kappa shape index (κ1) is 20.5. The maximum absolute atomic E-state index is 9.52. The molecule has 5 heteroatoms. The summed E-state index contributed by atoms with van der Waals surface area (Å²) in [6.45, 7) is 8.33. The van der Waals surface area contributed by atoms with Crippen molar-refractivity contribution in [2.75, 3.05) is 6.61 Å². The Labute approximate surface area is 147 Å². The third-order valence-electron chi connectivity index (χ3n) is 5.27.